The number of aromatic nitrogens is 2. The van der Waals surface area contributed by atoms with Gasteiger partial charge in [0.15, 0.2) is 5.76 Å². The molecule has 0 aliphatic rings. The summed E-state index contributed by atoms with van der Waals surface area (Å²) in [5, 5.41) is 2.78. The summed E-state index contributed by atoms with van der Waals surface area (Å²) in [6.07, 6.45) is 2.32. The molecule has 0 unspecified atom stereocenters. The average Bonchev–Trinajstić information content (AvgIpc) is 3.07. The quantitative estimate of drug-likeness (QED) is 0.755. The first kappa shape index (κ1) is 11.5. The number of furan rings is 1. The lowest BCUT2D eigenvalue weighted by Gasteiger charge is -2.02. The number of H-pyrrole nitrogens is 1. The summed E-state index contributed by atoms with van der Waals surface area (Å²) in [6.45, 7) is 2.04. The Morgan fingerprint density at radius 1 is 1.42 bits per heavy atom. The first-order valence-electron chi connectivity index (χ1n) is 6.10. The zero-order chi connectivity index (χ0) is 13.2. The minimum atomic E-state index is -0.264. The topological polar surface area (TPSA) is 70.9 Å². The molecule has 3 aromatic rings. The van der Waals surface area contributed by atoms with Gasteiger partial charge in [0.2, 0.25) is 0 Å². The summed E-state index contributed by atoms with van der Waals surface area (Å²) in [6, 6.07) is 8.87. The minimum absolute atomic E-state index is 0.264. The second kappa shape index (κ2) is 4.61. The van der Waals surface area contributed by atoms with Crippen molar-refractivity contribution < 1.29 is 9.21 Å². The van der Waals surface area contributed by atoms with Crippen molar-refractivity contribution in [1.82, 2.24) is 9.97 Å². The molecule has 0 radical (unpaired) electrons. The lowest BCUT2D eigenvalue weighted by molar-refractivity contribution is 0.0996. The van der Waals surface area contributed by atoms with Crippen molar-refractivity contribution in [3.05, 3.63) is 48.2 Å². The molecular weight excluding hydrogens is 242 g/mol. The van der Waals surface area contributed by atoms with Crippen LogP contribution in [0.5, 0.6) is 0 Å². The Kier molecular flexibility index (Phi) is 2.79. The van der Waals surface area contributed by atoms with Gasteiger partial charge in [-0.3, -0.25) is 4.79 Å². The van der Waals surface area contributed by atoms with E-state index in [9.17, 15) is 4.79 Å². The summed E-state index contributed by atoms with van der Waals surface area (Å²) in [4.78, 5) is 19.5. The third kappa shape index (κ3) is 2.22. The lowest BCUT2D eigenvalue weighted by atomic mass is 10.2. The number of nitrogens with zero attached hydrogens (tertiary/aromatic N) is 1. The van der Waals surface area contributed by atoms with Gasteiger partial charge in [0.1, 0.15) is 5.82 Å². The van der Waals surface area contributed by atoms with Gasteiger partial charge in [0, 0.05) is 12.1 Å². The zero-order valence-electron chi connectivity index (χ0n) is 10.4. The van der Waals surface area contributed by atoms with E-state index in [0.717, 1.165) is 23.3 Å². The SMILES string of the molecule is CCc1nc2ccc(NC(=O)c3ccco3)cc2[nH]1. The van der Waals surface area contributed by atoms with Gasteiger partial charge >= 0.3 is 0 Å². The minimum Gasteiger partial charge on any atom is -0.459 e. The molecule has 2 aromatic heterocycles. The number of anilines is 1. The third-order valence-corrected chi connectivity index (χ3v) is 2.87. The highest BCUT2D eigenvalue weighted by molar-refractivity contribution is 6.03. The molecule has 0 aliphatic heterocycles. The number of hydrogen-bond donors (Lipinski definition) is 2. The van der Waals surface area contributed by atoms with E-state index in [-0.39, 0.29) is 5.91 Å². The van der Waals surface area contributed by atoms with Crippen molar-refractivity contribution in [3.63, 3.8) is 0 Å². The van der Waals surface area contributed by atoms with Gasteiger partial charge in [-0.05, 0) is 30.3 Å². The first-order chi connectivity index (χ1) is 9.26. The summed E-state index contributed by atoms with van der Waals surface area (Å²) >= 11 is 0. The van der Waals surface area contributed by atoms with Crippen molar-refractivity contribution in [2.24, 2.45) is 0 Å². The molecule has 0 spiro atoms. The predicted octanol–water partition coefficient (Wildman–Crippen LogP) is 2.97. The molecule has 5 heteroatoms. The molecule has 0 aliphatic carbocycles. The van der Waals surface area contributed by atoms with E-state index in [4.69, 9.17) is 4.42 Å². The van der Waals surface area contributed by atoms with E-state index < -0.39 is 0 Å². The molecule has 0 saturated carbocycles. The maximum absolute atomic E-state index is 11.8. The highest BCUT2D eigenvalue weighted by Gasteiger charge is 2.09. The van der Waals surface area contributed by atoms with Gasteiger partial charge in [0.25, 0.3) is 5.91 Å². The molecule has 2 N–H and O–H groups in total. The molecule has 1 aromatic carbocycles. The van der Waals surface area contributed by atoms with Gasteiger partial charge < -0.3 is 14.7 Å². The molecule has 5 nitrogen and oxygen atoms in total. The van der Waals surface area contributed by atoms with Gasteiger partial charge in [-0.25, -0.2) is 4.98 Å². The number of hydrogen-bond acceptors (Lipinski definition) is 3. The van der Waals surface area contributed by atoms with Crippen LogP contribution in [-0.2, 0) is 6.42 Å². The normalized spacial score (nSPS) is 10.8. The first-order valence-corrected chi connectivity index (χ1v) is 6.10. The number of nitrogens with one attached hydrogen (secondary N) is 2. The van der Waals surface area contributed by atoms with Gasteiger partial charge in [-0.2, -0.15) is 0 Å². The number of amides is 1. The number of imidazole rings is 1. The van der Waals surface area contributed by atoms with E-state index in [2.05, 4.69) is 15.3 Å². The monoisotopic (exact) mass is 255 g/mol. The highest BCUT2D eigenvalue weighted by atomic mass is 16.3. The van der Waals surface area contributed by atoms with Crippen LogP contribution >= 0.6 is 0 Å². The molecule has 0 atom stereocenters. The van der Waals surface area contributed by atoms with Crippen LogP contribution in [0, 0.1) is 0 Å². The summed E-state index contributed by atoms with van der Waals surface area (Å²) in [5.74, 6) is 0.961. The number of carbonyl (C=O) groups excluding carboxylic acids is 1. The van der Waals surface area contributed by atoms with Gasteiger partial charge in [-0.15, -0.1) is 0 Å². The van der Waals surface area contributed by atoms with Crippen molar-refractivity contribution >= 4 is 22.6 Å². The van der Waals surface area contributed by atoms with E-state index in [0.29, 0.717) is 11.4 Å². The van der Waals surface area contributed by atoms with Crippen LogP contribution in [0.1, 0.15) is 23.3 Å². The van der Waals surface area contributed by atoms with Crippen molar-refractivity contribution in [2.75, 3.05) is 5.32 Å². The molecular formula is C14H13N3O2. The standard InChI is InChI=1S/C14H13N3O2/c1-2-13-16-10-6-5-9(8-11(10)17-13)15-14(18)12-4-3-7-19-12/h3-8H,2H2,1H3,(H,15,18)(H,16,17). The summed E-state index contributed by atoms with van der Waals surface area (Å²) in [5.41, 5.74) is 2.52. The molecule has 3 rings (SSSR count). The number of carbonyl (C=O) groups is 1. The van der Waals surface area contributed by atoms with Crippen molar-refractivity contribution in [3.8, 4) is 0 Å². The van der Waals surface area contributed by atoms with Crippen LogP contribution in [-0.4, -0.2) is 15.9 Å². The van der Waals surface area contributed by atoms with E-state index >= 15 is 0 Å². The maximum atomic E-state index is 11.8. The molecule has 0 fully saturated rings. The summed E-state index contributed by atoms with van der Waals surface area (Å²) in [7, 11) is 0. The largest absolute Gasteiger partial charge is 0.459 e. The molecule has 1 amide bonds. The van der Waals surface area contributed by atoms with Crippen LogP contribution < -0.4 is 5.32 Å². The Labute approximate surface area is 109 Å². The molecule has 0 bridgehead atoms. The van der Waals surface area contributed by atoms with Gasteiger partial charge in [0.05, 0.1) is 17.3 Å². The Morgan fingerprint density at radius 2 is 2.32 bits per heavy atom. The van der Waals surface area contributed by atoms with Crippen LogP contribution in [0.4, 0.5) is 5.69 Å². The van der Waals surface area contributed by atoms with Gasteiger partial charge in [-0.1, -0.05) is 6.92 Å². The fourth-order valence-corrected chi connectivity index (χ4v) is 1.91. The Morgan fingerprint density at radius 3 is 3.05 bits per heavy atom. The Balaban J connectivity index is 1.87. The van der Waals surface area contributed by atoms with Crippen molar-refractivity contribution in [1.29, 1.82) is 0 Å². The number of fused-ring (bicyclic) bond motifs is 1. The number of rotatable bonds is 3. The van der Waals surface area contributed by atoms with E-state index in [1.54, 1.807) is 12.1 Å². The lowest BCUT2D eigenvalue weighted by Crippen LogP contribution is -2.10. The van der Waals surface area contributed by atoms with Crippen molar-refractivity contribution in [2.45, 2.75) is 13.3 Å². The van der Waals surface area contributed by atoms with Crippen LogP contribution in [0.15, 0.2) is 41.0 Å². The second-order valence-electron chi connectivity index (χ2n) is 4.20. The highest BCUT2D eigenvalue weighted by Crippen LogP contribution is 2.18. The predicted molar refractivity (Wildman–Crippen MR) is 72.1 cm³/mol. The van der Waals surface area contributed by atoms with Crippen LogP contribution in [0.3, 0.4) is 0 Å². The molecule has 2 heterocycles. The second-order valence-corrected chi connectivity index (χ2v) is 4.20. The molecule has 19 heavy (non-hydrogen) atoms. The summed E-state index contributed by atoms with van der Waals surface area (Å²) < 4.78 is 5.04. The maximum Gasteiger partial charge on any atom is 0.291 e. The van der Waals surface area contributed by atoms with E-state index in [1.807, 2.05) is 25.1 Å². The third-order valence-electron chi connectivity index (χ3n) is 2.87. The van der Waals surface area contributed by atoms with Crippen LogP contribution in [0.2, 0.25) is 0 Å². The Bertz CT molecular complexity index is 713. The number of aryl methyl sites for hydroxylation is 1. The molecule has 96 valence electrons. The fourth-order valence-electron chi connectivity index (χ4n) is 1.91. The van der Waals surface area contributed by atoms with Crippen LogP contribution in [0.25, 0.3) is 11.0 Å². The zero-order valence-corrected chi connectivity index (χ0v) is 10.4. The Hall–Kier alpha value is -2.56. The molecule has 0 saturated heterocycles. The smallest absolute Gasteiger partial charge is 0.291 e. The number of benzene rings is 1. The number of aromatic amines is 1. The fraction of sp³-hybridized carbons (Fsp3) is 0.143. The van der Waals surface area contributed by atoms with E-state index in [1.165, 1.54) is 6.26 Å². The average molecular weight is 255 g/mol.